The average molecular weight is 204 g/mol. The first-order valence-corrected chi connectivity index (χ1v) is 5.20. The van der Waals surface area contributed by atoms with Crippen molar-refractivity contribution in [3.8, 4) is 0 Å². The Balaban J connectivity index is 2.31. The molecule has 1 aromatic heterocycles. The molecule has 0 aromatic carbocycles. The zero-order valence-electron chi connectivity index (χ0n) is 9.14. The van der Waals surface area contributed by atoms with E-state index < -0.39 is 5.60 Å². The molecule has 1 aromatic rings. The van der Waals surface area contributed by atoms with Gasteiger partial charge in [-0.25, -0.2) is 9.97 Å². The molecule has 1 heterocycles. The van der Waals surface area contributed by atoms with Gasteiger partial charge in [0.25, 0.3) is 0 Å². The minimum atomic E-state index is -0.878. The van der Waals surface area contributed by atoms with Gasteiger partial charge >= 0.3 is 0 Å². The Morgan fingerprint density at radius 2 is 1.80 bits per heavy atom. The fourth-order valence-electron chi connectivity index (χ4n) is 1.81. The van der Waals surface area contributed by atoms with E-state index in [-0.39, 0.29) is 5.41 Å². The maximum atomic E-state index is 10.4. The summed E-state index contributed by atoms with van der Waals surface area (Å²) in [5.41, 5.74) is 0.0790. The monoisotopic (exact) mass is 204 g/mol. The van der Waals surface area contributed by atoms with Crippen LogP contribution < -0.4 is 0 Å². The molecule has 2 rings (SSSR count). The van der Waals surface area contributed by atoms with Crippen LogP contribution in [0.2, 0.25) is 0 Å². The van der Waals surface area contributed by atoms with Gasteiger partial charge in [-0.05, 0) is 18.3 Å². The van der Waals surface area contributed by atoms with Gasteiger partial charge in [-0.3, -0.25) is 0 Å². The van der Waals surface area contributed by atoms with Gasteiger partial charge in [0.15, 0.2) is 0 Å². The molecule has 15 heavy (non-hydrogen) atoms. The van der Waals surface area contributed by atoms with Crippen molar-refractivity contribution in [3.63, 3.8) is 0 Å². The second-order valence-electron chi connectivity index (χ2n) is 4.87. The Kier molecular flexibility index (Phi) is 2.35. The zero-order valence-corrected chi connectivity index (χ0v) is 9.14. The van der Waals surface area contributed by atoms with Crippen molar-refractivity contribution in [3.05, 3.63) is 36.4 Å². The number of hydrogen-bond donors (Lipinski definition) is 1. The quantitative estimate of drug-likeness (QED) is 0.712. The van der Waals surface area contributed by atoms with Crippen molar-refractivity contribution in [2.45, 2.75) is 32.3 Å². The van der Waals surface area contributed by atoms with Crippen LogP contribution in [0.25, 0.3) is 0 Å². The summed E-state index contributed by atoms with van der Waals surface area (Å²) < 4.78 is 0. The summed E-state index contributed by atoms with van der Waals surface area (Å²) in [6, 6.07) is 0. The molecule has 1 N–H and O–H groups in total. The highest BCUT2D eigenvalue weighted by Gasteiger charge is 2.33. The molecule has 0 saturated carbocycles. The first kappa shape index (κ1) is 10.3. The van der Waals surface area contributed by atoms with E-state index in [1.54, 1.807) is 12.4 Å². The van der Waals surface area contributed by atoms with Crippen molar-refractivity contribution in [1.29, 1.82) is 0 Å². The predicted molar refractivity (Wildman–Crippen MR) is 58.1 cm³/mol. The summed E-state index contributed by atoms with van der Waals surface area (Å²) in [5, 5.41) is 10.4. The molecule has 80 valence electrons. The van der Waals surface area contributed by atoms with E-state index >= 15 is 0 Å². The average Bonchev–Trinajstić information content (AvgIpc) is 2.24. The number of aromatic nitrogens is 2. The number of allylic oxidation sites excluding steroid dienone is 1. The number of rotatable bonds is 1. The summed E-state index contributed by atoms with van der Waals surface area (Å²) in [6.45, 7) is 4.34. The van der Waals surface area contributed by atoms with Crippen LogP contribution in [0.3, 0.4) is 0 Å². The number of hydrogen-bond acceptors (Lipinski definition) is 3. The molecule has 1 aliphatic carbocycles. The maximum absolute atomic E-state index is 10.4. The molecule has 0 spiro atoms. The molecule has 0 radical (unpaired) electrons. The third kappa shape index (κ3) is 2.07. The van der Waals surface area contributed by atoms with E-state index in [2.05, 4.69) is 29.9 Å². The van der Waals surface area contributed by atoms with E-state index in [4.69, 9.17) is 0 Å². The maximum Gasteiger partial charge on any atom is 0.115 e. The lowest BCUT2D eigenvalue weighted by Crippen LogP contribution is -2.30. The molecule has 1 aliphatic rings. The highest BCUT2D eigenvalue weighted by Crippen LogP contribution is 2.39. The third-order valence-electron chi connectivity index (χ3n) is 3.02. The molecule has 0 amide bonds. The molecular formula is C12H16N2O. The highest BCUT2D eigenvalue weighted by atomic mass is 16.3. The Morgan fingerprint density at radius 3 is 2.33 bits per heavy atom. The zero-order chi connectivity index (χ0) is 10.9. The molecule has 1 unspecified atom stereocenters. The van der Waals surface area contributed by atoms with Gasteiger partial charge < -0.3 is 5.11 Å². The standard InChI is InChI=1S/C12H16N2O/c1-11(2)3-5-12(15,6-4-11)10-7-13-9-14-8-10/h3,5,7-9,15H,4,6H2,1-2H3. The van der Waals surface area contributed by atoms with Crippen LogP contribution in [0.4, 0.5) is 0 Å². The minimum Gasteiger partial charge on any atom is -0.381 e. The van der Waals surface area contributed by atoms with Gasteiger partial charge in [0.1, 0.15) is 11.9 Å². The van der Waals surface area contributed by atoms with E-state index in [9.17, 15) is 5.11 Å². The predicted octanol–water partition coefficient (Wildman–Crippen LogP) is 2.04. The lowest BCUT2D eigenvalue weighted by atomic mass is 9.75. The topological polar surface area (TPSA) is 46.0 Å². The molecule has 1 atom stereocenters. The van der Waals surface area contributed by atoms with Crippen molar-refractivity contribution >= 4 is 0 Å². The largest absolute Gasteiger partial charge is 0.381 e. The smallest absolute Gasteiger partial charge is 0.115 e. The van der Waals surface area contributed by atoms with E-state index in [0.29, 0.717) is 0 Å². The summed E-state index contributed by atoms with van der Waals surface area (Å²) >= 11 is 0. The Morgan fingerprint density at radius 1 is 1.13 bits per heavy atom. The Bertz CT molecular complexity index is 372. The van der Waals surface area contributed by atoms with Gasteiger partial charge in [0, 0.05) is 18.0 Å². The van der Waals surface area contributed by atoms with Crippen molar-refractivity contribution < 1.29 is 5.11 Å². The normalized spacial score (nSPS) is 29.0. The van der Waals surface area contributed by atoms with Crippen LogP contribution in [-0.4, -0.2) is 15.1 Å². The first-order valence-electron chi connectivity index (χ1n) is 5.20. The van der Waals surface area contributed by atoms with Crippen LogP contribution in [0.5, 0.6) is 0 Å². The van der Waals surface area contributed by atoms with E-state index in [0.717, 1.165) is 18.4 Å². The second kappa shape index (κ2) is 3.42. The fourth-order valence-corrected chi connectivity index (χ4v) is 1.81. The summed E-state index contributed by atoms with van der Waals surface area (Å²) in [5.74, 6) is 0. The number of nitrogens with zero attached hydrogens (tertiary/aromatic N) is 2. The lowest BCUT2D eigenvalue weighted by molar-refractivity contribution is 0.0574. The third-order valence-corrected chi connectivity index (χ3v) is 3.02. The van der Waals surface area contributed by atoms with Crippen LogP contribution in [0.15, 0.2) is 30.9 Å². The molecule has 0 aliphatic heterocycles. The molecule has 3 heteroatoms. The molecule has 0 saturated heterocycles. The van der Waals surface area contributed by atoms with Crippen molar-refractivity contribution in [1.82, 2.24) is 9.97 Å². The minimum absolute atomic E-state index is 0.182. The first-order chi connectivity index (χ1) is 7.02. The fraction of sp³-hybridized carbons (Fsp3) is 0.500. The number of aliphatic hydroxyl groups is 1. The van der Waals surface area contributed by atoms with Gasteiger partial charge in [-0.2, -0.15) is 0 Å². The van der Waals surface area contributed by atoms with Crippen molar-refractivity contribution in [2.75, 3.05) is 0 Å². The van der Waals surface area contributed by atoms with Gasteiger partial charge in [0.2, 0.25) is 0 Å². The summed E-state index contributed by atoms with van der Waals surface area (Å²) in [7, 11) is 0. The van der Waals surface area contributed by atoms with E-state index in [1.807, 2.05) is 6.08 Å². The second-order valence-corrected chi connectivity index (χ2v) is 4.87. The van der Waals surface area contributed by atoms with Gasteiger partial charge in [-0.15, -0.1) is 0 Å². The van der Waals surface area contributed by atoms with Crippen LogP contribution in [-0.2, 0) is 5.60 Å². The van der Waals surface area contributed by atoms with Crippen LogP contribution in [0, 0.1) is 5.41 Å². The van der Waals surface area contributed by atoms with Gasteiger partial charge in [0.05, 0.1) is 0 Å². The van der Waals surface area contributed by atoms with Crippen LogP contribution >= 0.6 is 0 Å². The Hall–Kier alpha value is -1.22. The Labute approximate surface area is 89.9 Å². The van der Waals surface area contributed by atoms with Crippen LogP contribution in [0.1, 0.15) is 32.3 Å². The molecule has 0 fully saturated rings. The molecule has 3 nitrogen and oxygen atoms in total. The lowest BCUT2D eigenvalue weighted by Gasteiger charge is -2.34. The summed E-state index contributed by atoms with van der Waals surface area (Å²) in [4.78, 5) is 7.87. The highest BCUT2D eigenvalue weighted by molar-refractivity contribution is 5.25. The SMILES string of the molecule is CC1(C)C=CC(O)(c2cncnc2)CC1. The van der Waals surface area contributed by atoms with E-state index in [1.165, 1.54) is 6.33 Å². The van der Waals surface area contributed by atoms with Gasteiger partial charge in [-0.1, -0.05) is 26.0 Å². The molecular weight excluding hydrogens is 188 g/mol. The summed E-state index contributed by atoms with van der Waals surface area (Å²) in [6.07, 6.45) is 10.5. The molecule has 0 bridgehead atoms. The van der Waals surface area contributed by atoms with Crippen molar-refractivity contribution in [2.24, 2.45) is 5.41 Å².